The van der Waals surface area contributed by atoms with Crippen molar-refractivity contribution in [3.8, 4) is 0 Å². The first-order valence-electron chi connectivity index (χ1n) is 1.79. The summed E-state index contributed by atoms with van der Waals surface area (Å²) in [6.07, 6.45) is 0. The van der Waals surface area contributed by atoms with Gasteiger partial charge in [0.2, 0.25) is 0 Å². The van der Waals surface area contributed by atoms with Crippen LogP contribution < -0.4 is 0 Å². The van der Waals surface area contributed by atoms with E-state index in [2.05, 4.69) is 21.4 Å². The van der Waals surface area contributed by atoms with E-state index in [0.29, 0.717) is 0 Å². The number of hydrogen-bond donors (Lipinski definition) is 0. The molecule has 62 valence electrons. The highest BCUT2D eigenvalue weighted by atomic mass is 35.7. The predicted octanol–water partition coefficient (Wildman–Crippen LogP) is -0.115. The maximum absolute atomic E-state index is 10.2. The minimum Gasteiger partial charge on any atom is -0.194 e. The van der Waals surface area contributed by atoms with Crippen molar-refractivity contribution in [3.63, 3.8) is 0 Å². The van der Waals surface area contributed by atoms with Crippen molar-refractivity contribution >= 4 is 39.8 Å². The molecule has 0 unspecified atom stereocenters. The molecule has 0 radical (unpaired) electrons. The Morgan fingerprint density at radius 3 is 1.20 bits per heavy atom. The molecule has 0 amide bonds. The fourth-order valence-corrected chi connectivity index (χ4v) is 2.55. The Morgan fingerprint density at radius 2 is 1.20 bits per heavy atom. The van der Waals surface area contributed by atoms with Gasteiger partial charge in [-0.2, -0.15) is 16.8 Å². The van der Waals surface area contributed by atoms with Crippen LogP contribution in [0.25, 0.3) is 0 Å². The Kier molecular flexibility index (Phi) is 2.94. The van der Waals surface area contributed by atoms with Gasteiger partial charge in [-0.3, -0.25) is 0 Å². The van der Waals surface area contributed by atoms with Crippen molar-refractivity contribution in [1.29, 1.82) is 0 Å². The van der Waals surface area contributed by atoms with Gasteiger partial charge >= 0.3 is 18.5 Å². The lowest BCUT2D eigenvalue weighted by molar-refractivity contribution is 0.546. The van der Waals surface area contributed by atoms with Gasteiger partial charge in [-0.25, -0.2) is 0 Å². The Bertz CT molecular complexity index is 270. The zero-order valence-corrected chi connectivity index (χ0v) is 7.80. The molecule has 9 heteroatoms. The summed E-state index contributed by atoms with van der Waals surface area (Å²) in [5.74, 6) is 0. The topological polar surface area (TPSA) is 71.5 Å². The minimum absolute atomic E-state index is 0.150. The smallest absolute Gasteiger partial charge is 0.194 e. The quantitative estimate of drug-likeness (QED) is 0.618. The van der Waals surface area contributed by atoms with Gasteiger partial charge in [-0.1, -0.05) is 3.71 Å². The number of rotatable bonds is 2. The summed E-state index contributed by atoms with van der Waals surface area (Å²) >= 11 is 0. The van der Waals surface area contributed by atoms with Crippen LogP contribution in [0.3, 0.4) is 0 Å². The van der Waals surface area contributed by atoms with Gasteiger partial charge in [0.15, 0.2) is 0 Å². The Hall–Kier alpha value is 0.440. The monoisotopic (exact) mass is 227 g/mol. The fraction of sp³-hybridized carbons (Fsp3) is 1.00. The first kappa shape index (κ1) is 10.4. The van der Waals surface area contributed by atoms with Gasteiger partial charge in [0.05, 0.1) is 0 Å². The van der Waals surface area contributed by atoms with E-state index in [1.54, 1.807) is 0 Å². The van der Waals surface area contributed by atoms with Gasteiger partial charge in [-0.05, 0) is 0 Å². The molecule has 0 spiro atoms. The highest BCUT2D eigenvalue weighted by Crippen LogP contribution is 2.12. The molecular weight excluding hydrogens is 225 g/mol. The van der Waals surface area contributed by atoms with E-state index in [9.17, 15) is 16.8 Å². The summed E-state index contributed by atoms with van der Waals surface area (Å²) < 4.78 is 40.7. The highest BCUT2D eigenvalue weighted by molar-refractivity contribution is 8.24. The largest absolute Gasteiger partial charge is 0.313 e. The molecule has 0 aliphatic carbocycles. The van der Waals surface area contributed by atoms with Crippen LogP contribution >= 0.6 is 21.4 Å². The van der Waals surface area contributed by atoms with Gasteiger partial charge < -0.3 is 0 Å². The molecule has 0 heterocycles. The Morgan fingerprint density at radius 1 is 1.00 bits per heavy atom. The Labute approximate surface area is 67.6 Å². The molecule has 0 aromatic rings. The molecular formula is CH3Cl2NO4S2. The molecule has 0 bridgehead atoms. The van der Waals surface area contributed by atoms with E-state index in [0.717, 1.165) is 7.05 Å². The van der Waals surface area contributed by atoms with Crippen LogP contribution in [0.1, 0.15) is 0 Å². The lowest BCUT2D eigenvalue weighted by Gasteiger charge is -2.05. The van der Waals surface area contributed by atoms with Gasteiger partial charge in [0.25, 0.3) is 0 Å². The zero-order valence-electron chi connectivity index (χ0n) is 4.65. The summed E-state index contributed by atoms with van der Waals surface area (Å²) in [6, 6.07) is 0. The molecule has 0 fully saturated rings. The van der Waals surface area contributed by atoms with Crippen molar-refractivity contribution < 1.29 is 16.8 Å². The van der Waals surface area contributed by atoms with E-state index >= 15 is 0 Å². The minimum atomic E-state index is -4.27. The van der Waals surface area contributed by atoms with Gasteiger partial charge in [0, 0.05) is 28.4 Å². The average molecular weight is 228 g/mol. The summed E-state index contributed by atoms with van der Waals surface area (Å²) in [5.41, 5.74) is 0. The fourth-order valence-electron chi connectivity index (χ4n) is 0.106. The molecule has 0 N–H and O–H groups in total. The Balaban J connectivity index is 4.94. The van der Waals surface area contributed by atoms with Crippen molar-refractivity contribution in [2.75, 3.05) is 7.05 Å². The molecule has 0 aliphatic rings. The highest BCUT2D eigenvalue weighted by Gasteiger charge is 2.25. The van der Waals surface area contributed by atoms with Crippen LogP contribution in [0.5, 0.6) is 0 Å². The van der Waals surface area contributed by atoms with Crippen molar-refractivity contribution in [2.24, 2.45) is 0 Å². The number of nitrogens with zero attached hydrogens (tertiary/aromatic N) is 1. The normalized spacial score (nSPS) is 14.0. The van der Waals surface area contributed by atoms with Crippen LogP contribution in [0, 0.1) is 0 Å². The summed E-state index contributed by atoms with van der Waals surface area (Å²) in [6.45, 7) is 0. The van der Waals surface area contributed by atoms with E-state index in [-0.39, 0.29) is 3.71 Å². The van der Waals surface area contributed by atoms with Crippen molar-refractivity contribution in [2.45, 2.75) is 0 Å². The molecule has 0 aromatic carbocycles. The molecule has 0 rings (SSSR count). The van der Waals surface area contributed by atoms with E-state index in [4.69, 9.17) is 0 Å². The molecule has 0 atom stereocenters. The van der Waals surface area contributed by atoms with Crippen LogP contribution in [-0.4, -0.2) is 27.6 Å². The second-order valence-electron chi connectivity index (χ2n) is 1.26. The van der Waals surface area contributed by atoms with Crippen LogP contribution in [0.4, 0.5) is 0 Å². The summed E-state index contributed by atoms with van der Waals surface area (Å²) in [5, 5.41) is 0. The van der Waals surface area contributed by atoms with Crippen molar-refractivity contribution in [1.82, 2.24) is 3.71 Å². The number of hydrogen-bond acceptors (Lipinski definition) is 4. The van der Waals surface area contributed by atoms with E-state index in [1.165, 1.54) is 0 Å². The summed E-state index contributed by atoms with van der Waals surface area (Å²) in [7, 11) is 1.38. The lowest BCUT2D eigenvalue weighted by atomic mass is 11.6. The molecule has 0 saturated heterocycles. The second-order valence-corrected chi connectivity index (χ2v) is 6.58. The zero-order chi connectivity index (χ0) is 8.58. The third kappa shape index (κ3) is 3.02. The molecule has 5 nitrogen and oxygen atoms in total. The van der Waals surface area contributed by atoms with Gasteiger partial charge in [-0.15, -0.1) is 0 Å². The van der Waals surface area contributed by atoms with Gasteiger partial charge in [0.1, 0.15) is 0 Å². The van der Waals surface area contributed by atoms with E-state index in [1.807, 2.05) is 0 Å². The van der Waals surface area contributed by atoms with Crippen LogP contribution in [-0.2, 0) is 18.5 Å². The van der Waals surface area contributed by atoms with E-state index < -0.39 is 18.5 Å². The van der Waals surface area contributed by atoms with Crippen molar-refractivity contribution in [3.05, 3.63) is 0 Å². The van der Waals surface area contributed by atoms with Crippen LogP contribution in [0.2, 0.25) is 0 Å². The maximum atomic E-state index is 10.2. The second kappa shape index (κ2) is 2.82. The summed E-state index contributed by atoms with van der Waals surface area (Å²) in [4.78, 5) is 0. The standard InChI is InChI=1S/CH3Cl2NO4S2/c1-4(9(2,5)6)10(3,7)8/h1H3. The third-order valence-corrected chi connectivity index (χ3v) is 4.75. The average Bonchev–Trinajstić information content (AvgIpc) is 1.59. The molecule has 0 aromatic heterocycles. The predicted molar refractivity (Wildman–Crippen MR) is 37.3 cm³/mol. The maximum Gasteiger partial charge on any atom is 0.313 e. The first-order chi connectivity index (χ1) is 4.15. The first-order valence-corrected chi connectivity index (χ1v) is 6.32. The molecule has 10 heavy (non-hydrogen) atoms. The lowest BCUT2D eigenvalue weighted by Crippen LogP contribution is -2.25. The number of halogens is 2. The SMILES string of the molecule is CN(S(=O)(=O)Cl)S(=O)(=O)Cl. The molecule has 0 aliphatic heterocycles. The third-order valence-electron chi connectivity index (χ3n) is 0.614. The molecule has 0 saturated carbocycles. The van der Waals surface area contributed by atoms with Crippen LogP contribution in [0.15, 0.2) is 0 Å².